The van der Waals surface area contributed by atoms with Crippen LogP contribution in [0, 0.1) is 0 Å². The molecule has 1 amide bonds. The topological polar surface area (TPSA) is 94.1 Å². The summed E-state index contributed by atoms with van der Waals surface area (Å²) in [5.41, 5.74) is -1.32. The zero-order valence-electron chi connectivity index (χ0n) is 11.3. The third-order valence-corrected chi connectivity index (χ3v) is 2.96. The number of hydrogen-bond donors (Lipinski definition) is 2. The van der Waals surface area contributed by atoms with E-state index in [1.807, 2.05) is 6.92 Å². The highest BCUT2D eigenvalue weighted by molar-refractivity contribution is 5.89. The summed E-state index contributed by atoms with van der Waals surface area (Å²) >= 11 is 0. The predicted molar refractivity (Wildman–Crippen MR) is 65.9 cm³/mol. The van der Waals surface area contributed by atoms with E-state index in [0.717, 1.165) is 0 Å². The molecule has 1 aliphatic heterocycles. The average molecular weight is 275 g/mol. The molecule has 19 heavy (non-hydrogen) atoms. The molecule has 0 bridgehead atoms. The van der Waals surface area contributed by atoms with Crippen molar-refractivity contribution >= 4 is 11.9 Å². The Morgan fingerprint density at radius 3 is 2.74 bits per heavy atom. The fraction of sp³-hybridized carbons (Fsp3) is 0.833. The molecule has 1 fully saturated rings. The second-order valence-corrected chi connectivity index (χ2v) is 4.39. The number of ether oxygens (including phenoxy) is 3. The van der Waals surface area contributed by atoms with Crippen molar-refractivity contribution < 1.29 is 28.9 Å². The van der Waals surface area contributed by atoms with Crippen LogP contribution in [0.4, 0.5) is 0 Å². The van der Waals surface area contributed by atoms with Crippen molar-refractivity contribution in [3.05, 3.63) is 0 Å². The van der Waals surface area contributed by atoms with Crippen LogP contribution >= 0.6 is 0 Å². The lowest BCUT2D eigenvalue weighted by atomic mass is 9.99. The summed E-state index contributed by atoms with van der Waals surface area (Å²) in [4.78, 5) is 23.1. The van der Waals surface area contributed by atoms with Crippen molar-refractivity contribution in [2.45, 2.75) is 31.9 Å². The molecule has 0 radical (unpaired) electrons. The molecule has 2 unspecified atom stereocenters. The molecule has 1 rings (SSSR count). The van der Waals surface area contributed by atoms with E-state index in [2.05, 4.69) is 5.32 Å². The minimum Gasteiger partial charge on any atom is -0.479 e. The summed E-state index contributed by atoms with van der Waals surface area (Å²) in [6.45, 7) is 5.04. The minimum absolute atomic E-state index is 0.0141. The van der Waals surface area contributed by atoms with Crippen LogP contribution in [0.3, 0.4) is 0 Å². The van der Waals surface area contributed by atoms with Gasteiger partial charge in [-0.15, -0.1) is 0 Å². The largest absolute Gasteiger partial charge is 0.479 e. The highest BCUT2D eigenvalue weighted by Crippen LogP contribution is 2.19. The predicted octanol–water partition coefficient (Wildman–Crippen LogP) is -0.212. The fourth-order valence-electron chi connectivity index (χ4n) is 1.73. The third-order valence-electron chi connectivity index (χ3n) is 2.96. The van der Waals surface area contributed by atoms with E-state index < -0.39 is 23.5 Å². The van der Waals surface area contributed by atoms with Crippen molar-refractivity contribution in [3.63, 3.8) is 0 Å². The van der Waals surface area contributed by atoms with Gasteiger partial charge in [-0.05, 0) is 13.8 Å². The van der Waals surface area contributed by atoms with E-state index in [1.54, 1.807) is 6.92 Å². The first-order valence-corrected chi connectivity index (χ1v) is 6.34. The molecule has 7 nitrogen and oxygen atoms in total. The van der Waals surface area contributed by atoms with Crippen LogP contribution in [0.15, 0.2) is 0 Å². The molecule has 0 saturated carbocycles. The molecule has 1 aliphatic rings. The smallest absolute Gasteiger partial charge is 0.331 e. The molecular formula is C12H21NO6. The van der Waals surface area contributed by atoms with Crippen LogP contribution in [0.25, 0.3) is 0 Å². The highest BCUT2D eigenvalue weighted by Gasteiger charge is 2.44. The number of carboxylic acids is 1. The number of hydrogen-bond acceptors (Lipinski definition) is 5. The van der Waals surface area contributed by atoms with E-state index in [1.165, 1.54) is 0 Å². The van der Waals surface area contributed by atoms with E-state index >= 15 is 0 Å². The van der Waals surface area contributed by atoms with Crippen molar-refractivity contribution in [2.75, 3.05) is 33.0 Å². The van der Waals surface area contributed by atoms with Crippen molar-refractivity contribution in [1.82, 2.24) is 5.32 Å². The second-order valence-electron chi connectivity index (χ2n) is 4.39. The maximum absolute atomic E-state index is 11.9. The summed E-state index contributed by atoms with van der Waals surface area (Å²) in [6, 6.07) is 0. The Balaban J connectivity index is 2.41. The molecule has 2 atom stereocenters. The maximum Gasteiger partial charge on any atom is 0.331 e. The van der Waals surface area contributed by atoms with Crippen molar-refractivity contribution in [3.8, 4) is 0 Å². The van der Waals surface area contributed by atoms with Gasteiger partial charge in [0.25, 0.3) is 0 Å². The number of nitrogens with one attached hydrogen (secondary N) is 1. The molecule has 1 heterocycles. The van der Waals surface area contributed by atoms with Crippen molar-refractivity contribution in [2.24, 2.45) is 0 Å². The molecular weight excluding hydrogens is 254 g/mol. The van der Waals surface area contributed by atoms with E-state index in [0.29, 0.717) is 26.4 Å². The second kappa shape index (κ2) is 7.42. The molecule has 0 aliphatic carbocycles. The fourth-order valence-corrected chi connectivity index (χ4v) is 1.73. The average Bonchev–Trinajstić information content (AvgIpc) is 2.84. The number of carboxylic acid groups (broad SMARTS) is 1. The monoisotopic (exact) mass is 275 g/mol. The lowest BCUT2D eigenvalue weighted by molar-refractivity contribution is -0.150. The van der Waals surface area contributed by atoms with Gasteiger partial charge in [-0.1, -0.05) is 0 Å². The van der Waals surface area contributed by atoms with Crippen LogP contribution in [0.5, 0.6) is 0 Å². The van der Waals surface area contributed by atoms with Gasteiger partial charge in [-0.25, -0.2) is 4.79 Å². The number of carbonyl (C=O) groups is 2. The quantitative estimate of drug-likeness (QED) is 0.595. The van der Waals surface area contributed by atoms with Crippen LogP contribution in [0.2, 0.25) is 0 Å². The summed E-state index contributed by atoms with van der Waals surface area (Å²) in [6.07, 6.45) is -0.461. The van der Waals surface area contributed by atoms with Gasteiger partial charge < -0.3 is 24.6 Å². The van der Waals surface area contributed by atoms with Crippen molar-refractivity contribution in [1.29, 1.82) is 0 Å². The van der Waals surface area contributed by atoms with Crippen LogP contribution in [0.1, 0.15) is 20.3 Å². The molecule has 0 aromatic carbocycles. The molecule has 0 aromatic rings. The summed E-state index contributed by atoms with van der Waals surface area (Å²) in [7, 11) is 0. The Morgan fingerprint density at radius 1 is 1.47 bits per heavy atom. The zero-order chi connectivity index (χ0) is 14.3. The first kappa shape index (κ1) is 15.9. The normalized spacial score (nSPS) is 24.1. The van der Waals surface area contributed by atoms with Crippen LogP contribution in [-0.2, 0) is 23.8 Å². The molecule has 7 heteroatoms. The van der Waals surface area contributed by atoms with Gasteiger partial charge in [0.2, 0.25) is 5.91 Å². The lowest BCUT2D eigenvalue weighted by Crippen LogP contribution is -2.57. The highest BCUT2D eigenvalue weighted by atomic mass is 16.5. The Hall–Kier alpha value is -1.18. The van der Waals surface area contributed by atoms with Gasteiger partial charge in [0.05, 0.1) is 19.8 Å². The van der Waals surface area contributed by atoms with Gasteiger partial charge >= 0.3 is 5.97 Å². The summed E-state index contributed by atoms with van der Waals surface area (Å²) in [5.74, 6) is -1.54. The van der Waals surface area contributed by atoms with E-state index in [-0.39, 0.29) is 13.0 Å². The Kier molecular flexibility index (Phi) is 6.20. The molecule has 2 N–H and O–H groups in total. The number of aliphatic carboxylic acids is 1. The standard InChI is InChI=1S/C12H21NO6/c1-3-17-6-7-19-9(2)10(14)13-12(11(15)16)4-5-18-8-12/h9H,3-8H2,1-2H3,(H,13,14)(H,15,16). The van der Waals surface area contributed by atoms with Gasteiger partial charge in [-0.2, -0.15) is 0 Å². The zero-order valence-corrected chi connectivity index (χ0v) is 11.3. The maximum atomic E-state index is 11.9. The summed E-state index contributed by atoms with van der Waals surface area (Å²) < 4.78 is 15.4. The number of rotatable bonds is 8. The third kappa shape index (κ3) is 4.45. The molecule has 0 spiro atoms. The number of carbonyl (C=O) groups excluding carboxylic acids is 1. The number of amides is 1. The van der Waals surface area contributed by atoms with Crippen LogP contribution < -0.4 is 5.32 Å². The van der Waals surface area contributed by atoms with E-state index in [4.69, 9.17) is 14.2 Å². The Bertz CT molecular complexity index is 313. The lowest BCUT2D eigenvalue weighted by Gasteiger charge is -2.25. The summed E-state index contributed by atoms with van der Waals surface area (Å²) in [5, 5.41) is 11.7. The Morgan fingerprint density at radius 2 is 2.21 bits per heavy atom. The van der Waals surface area contributed by atoms with E-state index in [9.17, 15) is 14.7 Å². The Labute approximate surface area is 112 Å². The van der Waals surface area contributed by atoms with Crippen LogP contribution in [-0.4, -0.2) is 61.7 Å². The first-order chi connectivity index (χ1) is 9.02. The molecule has 0 aromatic heterocycles. The van der Waals surface area contributed by atoms with Gasteiger partial charge in [0.15, 0.2) is 5.54 Å². The van der Waals surface area contributed by atoms with Gasteiger partial charge in [0.1, 0.15) is 6.10 Å². The minimum atomic E-state index is -1.32. The molecule has 110 valence electrons. The first-order valence-electron chi connectivity index (χ1n) is 6.34. The molecule has 1 saturated heterocycles. The SMILES string of the molecule is CCOCCOC(C)C(=O)NC1(C(=O)O)CCOC1. The van der Waals surface area contributed by atoms with Gasteiger partial charge in [0, 0.05) is 19.6 Å². The van der Waals surface area contributed by atoms with Gasteiger partial charge in [-0.3, -0.25) is 4.79 Å².